The van der Waals surface area contributed by atoms with E-state index in [0.717, 1.165) is 4.90 Å². The largest absolute Gasteiger partial charge is 0.248 e. The Balaban J connectivity index is 2.35. The number of benzene rings is 1. The molecule has 2 aromatic rings. The fourth-order valence-electron chi connectivity index (χ4n) is 1.26. The van der Waals surface area contributed by atoms with E-state index in [9.17, 15) is 0 Å². The lowest BCUT2D eigenvalue weighted by molar-refractivity contribution is 1.11. The second-order valence-corrected chi connectivity index (χ2v) is 5.11. The van der Waals surface area contributed by atoms with Crippen molar-refractivity contribution in [2.45, 2.75) is 9.92 Å². The number of nitrogens with zero attached hydrogens (tertiary/aromatic N) is 2. The van der Waals surface area contributed by atoms with E-state index >= 15 is 0 Å². The summed E-state index contributed by atoms with van der Waals surface area (Å²) >= 11 is 13.2. The lowest BCUT2D eigenvalue weighted by Crippen LogP contribution is -1.85. The molecule has 0 aliphatic heterocycles. The molecule has 0 N–H and O–H groups in total. The molecule has 0 unspecified atom stereocenters. The highest BCUT2D eigenvalue weighted by molar-refractivity contribution is 7.99. The average Bonchev–Trinajstić information content (AvgIpc) is 2.28. The van der Waals surface area contributed by atoms with Gasteiger partial charge in [-0.3, -0.25) is 0 Å². The molecule has 5 heteroatoms. The van der Waals surface area contributed by atoms with Crippen LogP contribution >= 0.6 is 35.0 Å². The van der Waals surface area contributed by atoms with Crippen molar-refractivity contribution in [3.8, 4) is 6.07 Å². The van der Waals surface area contributed by atoms with Crippen LogP contribution in [-0.4, -0.2) is 4.98 Å². The smallest absolute Gasteiger partial charge is 0.119 e. The SMILES string of the molecule is N#Cc1cccnc1Sc1cc(Cl)cc(Cl)c1. The molecule has 0 bridgehead atoms. The summed E-state index contributed by atoms with van der Waals surface area (Å²) in [6, 6.07) is 10.8. The Morgan fingerprint density at radius 3 is 2.53 bits per heavy atom. The Morgan fingerprint density at radius 1 is 1.18 bits per heavy atom. The van der Waals surface area contributed by atoms with Gasteiger partial charge in [0.1, 0.15) is 11.1 Å². The van der Waals surface area contributed by atoms with Crippen LogP contribution < -0.4 is 0 Å². The maximum Gasteiger partial charge on any atom is 0.119 e. The molecule has 0 saturated carbocycles. The van der Waals surface area contributed by atoms with Gasteiger partial charge in [-0.15, -0.1) is 0 Å². The first kappa shape index (κ1) is 12.3. The van der Waals surface area contributed by atoms with Gasteiger partial charge in [-0.1, -0.05) is 35.0 Å². The van der Waals surface area contributed by atoms with Crippen molar-refractivity contribution in [3.05, 3.63) is 52.1 Å². The maximum atomic E-state index is 8.95. The summed E-state index contributed by atoms with van der Waals surface area (Å²) in [4.78, 5) is 5.02. The first-order valence-corrected chi connectivity index (χ1v) is 6.25. The molecular formula is C12H6Cl2N2S. The lowest BCUT2D eigenvalue weighted by atomic mass is 10.3. The van der Waals surface area contributed by atoms with E-state index in [2.05, 4.69) is 11.1 Å². The van der Waals surface area contributed by atoms with Crippen molar-refractivity contribution in [1.29, 1.82) is 5.26 Å². The van der Waals surface area contributed by atoms with Gasteiger partial charge >= 0.3 is 0 Å². The van der Waals surface area contributed by atoms with Crippen LogP contribution in [0.4, 0.5) is 0 Å². The zero-order chi connectivity index (χ0) is 12.3. The molecule has 0 saturated heterocycles. The Hall–Kier alpha value is -1.21. The van der Waals surface area contributed by atoms with E-state index < -0.39 is 0 Å². The van der Waals surface area contributed by atoms with E-state index in [0.29, 0.717) is 20.6 Å². The van der Waals surface area contributed by atoms with Gasteiger partial charge < -0.3 is 0 Å². The minimum Gasteiger partial charge on any atom is -0.248 e. The summed E-state index contributed by atoms with van der Waals surface area (Å²) in [5.41, 5.74) is 0.536. The molecule has 0 radical (unpaired) electrons. The predicted octanol–water partition coefficient (Wildman–Crippen LogP) is 4.41. The van der Waals surface area contributed by atoms with E-state index in [-0.39, 0.29) is 0 Å². The third-order valence-electron chi connectivity index (χ3n) is 1.94. The third-order valence-corrected chi connectivity index (χ3v) is 3.37. The van der Waals surface area contributed by atoms with Gasteiger partial charge in [-0.2, -0.15) is 5.26 Å². The first-order chi connectivity index (χ1) is 8.19. The number of rotatable bonds is 2. The van der Waals surface area contributed by atoms with Crippen molar-refractivity contribution in [1.82, 2.24) is 4.98 Å². The Labute approximate surface area is 113 Å². The van der Waals surface area contributed by atoms with Gasteiger partial charge in [0.25, 0.3) is 0 Å². The molecule has 0 aliphatic carbocycles. The third kappa shape index (κ3) is 3.13. The summed E-state index contributed by atoms with van der Waals surface area (Å²) in [5, 5.41) is 10.7. The Morgan fingerprint density at radius 2 is 1.88 bits per heavy atom. The van der Waals surface area contributed by atoms with Crippen molar-refractivity contribution in [2.75, 3.05) is 0 Å². The quantitative estimate of drug-likeness (QED) is 0.818. The molecule has 2 nitrogen and oxygen atoms in total. The molecule has 0 atom stereocenters. The minimum atomic E-state index is 0.536. The molecule has 0 aliphatic rings. The molecule has 1 aromatic heterocycles. The molecule has 1 heterocycles. The van der Waals surface area contributed by atoms with Crippen molar-refractivity contribution < 1.29 is 0 Å². The van der Waals surface area contributed by atoms with Crippen LogP contribution in [0, 0.1) is 11.3 Å². The van der Waals surface area contributed by atoms with Gasteiger partial charge in [0.05, 0.1) is 5.56 Å². The second kappa shape index (κ2) is 5.42. The standard InChI is InChI=1S/C12H6Cl2N2S/c13-9-4-10(14)6-11(5-9)17-12-8(7-15)2-1-3-16-12/h1-6H. The summed E-state index contributed by atoms with van der Waals surface area (Å²) in [6.45, 7) is 0. The van der Waals surface area contributed by atoms with Crippen LogP contribution in [0.5, 0.6) is 0 Å². The predicted molar refractivity (Wildman–Crippen MR) is 69.5 cm³/mol. The summed E-state index contributed by atoms with van der Waals surface area (Å²) < 4.78 is 0. The molecule has 0 spiro atoms. The van der Waals surface area contributed by atoms with Crippen molar-refractivity contribution in [2.24, 2.45) is 0 Å². The fourth-order valence-corrected chi connectivity index (χ4v) is 2.84. The number of halogens is 2. The van der Waals surface area contributed by atoms with Gasteiger partial charge in [-0.25, -0.2) is 4.98 Å². The topological polar surface area (TPSA) is 36.7 Å². The van der Waals surface area contributed by atoms with Crippen LogP contribution in [0.2, 0.25) is 10.0 Å². The van der Waals surface area contributed by atoms with Gasteiger partial charge in [0.15, 0.2) is 0 Å². The minimum absolute atomic E-state index is 0.536. The lowest BCUT2D eigenvalue weighted by Gasteiger charge is -2.03. The maximum absolute atomic E-state index is 8.95. The van der Waals surface area contributed by atoms with Crippen LogP contribution in [0.15, 0.2) is 46.5 Å². The molecule has 0 amide bonds. The normalized spacial score (nSPS) is 9.94. The van der Waals surface area contributed by atoms with Gasteiger partial charge in [0, 0.05) is 21.1 Å². The summed E-state index contributed by atoms with van der Waals surface area (Å²) in [7, 11) is 0. The zero-order valence-corrected chi connectivity index (χ0v) is 10.9. The number of pyridine rings is 1. The van der Waals surface area contributed by atoms with E-state index in [4.69, 9.17) is 28.5 Å². The van der Waals surface area contributed by atoms with Crippen molar-refractivity contribution >= 4 is 35.0 Å². The van der Waals surface area contributed by atoms with Gasteiger partial charge in [-0.05, 0) is 30.3 Å². The van der Waals surface area contributed by atoms with Crippen LogP contribution in [-0.2, 0) is 0 Å². The fraction of sp³-hybridized carbons (Fsp3) is 0. The first-order valence-electron chi connectivity index (χ1n) is 4.68. The number of nitriles is 1. The van der Waals surface area contributed by atoms with Crippen LogP contribution in [0.25, 0.3) is 0 Å². The van der Waals surface area contributed by atoms with Gasteiger partial charge in [0.2, 0.25) is 0 Å². The van der Waals surface area contributed by atoms with E-state index in [1.165, 1.54) is 11.8 Å². The molecule has 17 heavy (non-hydrogen) atoms. The zero-order valence-electron chi connectivity index (χ0n) is 8.52. The van der Waals surface area contributed by atoms with Crippen LogP contribution in [0.1, 0.15) is 5.56 Å². The molecule has 84 valence electrons. The Bertz CT molecular complexity index is 573. The van der Waals surface area contributed by atoms with E-state index in [1.807, 2.05) is 0 Å². The number of aromatic nitrogens is 1. The molecule has 0 fully saturated rings. The number of hydrogen-bond acceptors (Lipinski definition) is 3. The van der Waals surface area contributed by atoms with E-state index in [1.54, 1.807) is 36.5 Å². The highest BCUT2D eigenvalue weighted by atomic mass is 35.5. The monoisotopic (exact) mass is 280 g/mol. The van der Waals surface area contributed by atoms with Crippen LogP contribution in [0.3, 0.4) is 0 Å². The second-order valence-electron chi connectivity index (χ2n) is 3.18. The highest BCUT2D eigenvalue weighted by Crippen LogP contribution is 2.32. The Kier molecular flexibility index (Phi) is 3.90. The molecule has 1 aromatic carbocycles. The average molecular weight is 281 g/mol. The molecular weight excluding hydrogens is 275 g/mol. The summed E-state index contributed by atoms with van der Waals surface area (Å²) in [5.74, 6) is 0. The summed E-state index contributed by atoms with van der Waals surface area (Å²) in [6.07, 6.45) is 1.65. The highest BCUT2D eigenvalue weighted by Gasteiger charge is 2.06. The molecule has 2 rings (SSSR count). The van der Waals surface area contributed by atoms with Crippen molar-refractivity contribution in [3.63, 3.8) is 0 Å². The number of hydrogen-bond donors (Lipinski definition) is 0.